The van der Waals surface area contributed by atoms with E-state index in [0.717, 1.165) is 33.8 Å². The van der Waals surface area contributed by atoms with Crippen LogP contribution in [0.1, 0.15) is 5.56 Å². The first kappa shape index (κ1) is 19.2. The quantitative estimate of drug-likeness (QED) is 0.448. The van der Waals surface area contributed by atoms with Crippen molar-refractivity contribution in [1.82, 2.24) is 24.8 Å². The molecule has 0 saturated heterocycles. The molecule has 5 aromatic rings. The lowest BCUT2D eigenvalue weighted by Gasteiger charge is -2.08. The van der Waals surface area contributed by atoms with E-state index in [4.69, 9.17) is 20.1 Å². The minimum Gasteiger partial charge on any atom is -0.497 e. The number of hydrogen-bond donors (Lipinski definition) is 1. The second-order valence-corrected chi connectivity index (χ2v) is 6.93. The molecule has 0 bridgehead atoms. The molecule has 154 valence electrons. The molecule has 5 rings (SSSR count). The molecule has 0 saturated carbocycles. The molecule has 0 fully saturated rings. The van der Waals surface area contributed by atoms with E-state index in [1.807, 2.05) is 54.6 Å². The summed E-state index contributed by atoms with van der Waals surface area (Å²) in [5.41, 5.74) is 5.34. The molecule has 0 radical (unpaired) electrons. The average Bonchev–Trinajstić information content (AvgIpc) is 3.24. The number of benzene rings is 2. The maximum absolute atomic E-state index is 9.14. The molecule has 32 heavy (non-hydrogen) atoms. The Labute approximate surface area is 183 Å². The van der Waals surface area contributed by atoms with E-state index in [9.17, 15) is 0 Å². The van der Waals surface area contributed by atoms with Crippen molar-refractivity contribution in [2.24, 2.45) is 0 Å². The lowest BCUT2D eigenvalue weighted by atomic mass is 10.0. The number of methoxy groups -OCH3 is 1. The zero-order valence-corrected chi connectivity index (χ0v) is 17.1. The van der Waals surface area contributed by atoms with Gasteiger partial charge in [-0.05, 0) is 60.7 Å². The zero-order valence-electron chi connectivity index (χ0n) is 17.1. The normalized spacial score (nSPS) is 10.6. The lowest BCUT2D eigenvalue weighted by Crippen LogP contribution is -1.98. The number of nitriles is 1. The number of fused-ring (bicyclic) bond motifs is 1. The minimum atomic E-state index is 0.418. The van der Waals surface area contributed by atoms with Gasteiger partial charge in [0.2, 0.25) is 5.95 Å². The van der Waals surface area contributed by atoms with Crippen molar-refractivity contribution in [1.29, 1.82) is 5.26 Å². The smallest absolute Gasteiger partial charge is 0.227 e. The zero-order chi connectivity index (χ0) is 21.9. The molecule has 3 aromatic heterocycles. The van der Waals surface area contributed by atoms with Gasteiger partial charge in [0.15, 0.2) is 0 Å². The fraction of sp³-hybridized carbons (Fsp3) is 0.0417. The molecule has 3 heterocycles. The van der Waals surface area contributed by atoms with E-state index in [1.54, 1.807) is 36.3 Å². The highest BCUT2D eigenvalue weighted by molar-refractivity contribution is 5.90. The number of ether oxygens (including phenoxy) is 1. The highest BCUT2D eigenvalue weighted by atomic mass is 16.5. The van der Waals surface area contributed by atoms with Crippen LogP contribution in [0.2, 0.25) is 0 Å². The number of rotatable bonds is 5. The Morgan fingerprint density at radius 3 is 2.69 bits per heavy atom. The van der Waals surface area contributed by atoms with Crippen LogP contribution >= 0.6 is 0 Å². The summed E-state index contributed by atoms with van der Waals surface area (Å²) in [5.74, 6) is 1.19. The van der Waals surface area contributed by atoms with Gasteiger partial charge in [-0.2, -0.15) is 15.0 Å². The van der Waals surface area contributed by atoms with Crippen LogP contribution in [-0.4, -0.2) is 31.9 Å². The SMILES string of the molecule is COc1ccc(-c2nn3ncccc3c2-c2ccnc(Nc3cccc(C#N)c3)n2)cc1. The van der Waals surface area contributed by atoms with Crippen LogP contribution < -0.4 is 10.1 Å². The Balaban J connectivity index is 1.61. The summed E-state index contributed by atoms with van der Waals surface area (Å²) in [6, 6.07) is 22.7. The molecule has 0 aliphatic carbocycles. The van der Waals surface area contributed by atoms with Gasteiger partial charge in [-0.25, -0.2) is 9.97 Å². The fourth-order valence-corrected chi connectivity index (χ4v) is 3.45. The van der Waals surface area contributed by atoms with E-state index in [-0.39, 0.29) is 0 Å². The van der Waals surface area contributed by atoms with E-state index < -0.39 is 0 Å². The van der Waals surface area contributed by atoms with Crippen LogP contribution in [-0.2, 0) is 0 Å². The maximum atomic E-state index is 9.14. The Kier molecular flexibility index (Phi) is 4.90. The number of hydrogen-bond acceptors (Lipinski definition) is 7. The predicted octanol–water partition coefficient (Wildman–Crippen LogP) is 4.48. The highest BCUT2D eigenvalue weighted by Crippen LogP contribution is 2.34. The van der Waals surface area contributed by atoms with E-state index in [0.29, 0.717) is 17.2 Å². The van der Waals surface area contributed by atoms with Crippen molar-refractivity contribution in [2.75, 3.05) is 12.4 Å². The van der Waals surface area contributed by atoms with Crippen LogP contribution in [0.25, 0.3) is 28.0 Å². The van der Waals surface area contributed by atoms with Crippen molar-refractivity contribution < 1.29 is 4.74 Å². The van der Waals surface area contributed by atoms with E-state index in [1.165, 1.54) is 0 Å². The van der Waals surface area contributed by atoms with Gasteiger partial charge in [-0.15, -0.1) is 5.10 Å². The topological polar surface area (TPSA) is 101 Å². The van der Waals surface area contributed by atoms with Crippen molar-refractivity contribution in [3.63, 3.8) is 0 Å². The first-order chi connectivity index (χ1) is 15.7. The van der Waals surface area contributed by atoms with Crippen molar-refractivity contribution in [2.45, 2.75) is 0 Å². The largest absolute Gasteiger partial charge is 0.497 e. The third kappa shape index (κ3) is 3.59. The monoisotopic (exact) mass is 419 g/mol. The molecule has 8 nitrogen and oxygen atoms in total. The Morgan fingerprint density at radius 2 is 1.88 bits per heavy atom. The third-order valence-corrected chi connectivity index (χ3v) is 4.94. The molecule has 1 N–H and O–H groups in total. The average molecular weight is 419 g/mol. The highest BCUT2D eigenvalue weighted by Gasteiger charge is 2.18. The van der Waals surface area contributed by atoms with E-state index >= 15 is 0 Å². The van der Waals surface area contributed by atoms with Crippen LogP contribution in [0.5, 0.6) is 5.75 Å². The van der Waals surface area contributed by atoms with Gasteiger partial charge in [-0.3, -0.25) is 0 Å². The Bertz CT molecular complexity index is 1450. The Morgan fingerprint density at radius 1 is 1.00 bits per heavy atom. The van der Waals surface area contributed by atoms with Gasteiger partial charge in [0.05, 0.1) is 35.5 Å². The van der Waals surface area contributed by atoms with Crippen molar-refractivity contribution >= 4 is 17.2 Å². The molecule has 0 amide bonds. The Hall–Kier alpha value is -4.77. The molecule has 0 atom stereocenters. The van der Waals surface area contributed by atoms with Gasteiger partial charge in [-0.1, -0.05) is 6.07 Å². The van der Waals surface area contributed by atoms with Crippen LogP contribution in [0, 0.1) is 11.3 Å². The summed E-state index contributed by atoms with van der Waals surface area (Å²) in [7, 11) is 1.64. The van der Waals surface area contributed by atoms with Gasteiger partial charge >= 0.3 is 0 Å². The molecule has 0 spiro atoms. The molecule has 2 aromatic carbocycles. The van der Waals surface area contributed by atoms with Crippen molar-refractivity contribution in [3.8, 4) is 34.3 Å². The first-order valence-corrected chi connectivity index (χ1v) is 9.84. The van der Waals surface area contributed by atoms with E-state index in [2.05, 4.69) is 21.5 Å². The molecule has 8 heteroatoms. The maximum Gasteiger partial charge on any atom is 0.227 e. The summed E-state index contributed by atoms with van der Waals surface area (Å²) < 4.78 is 6.88. The van der Waals surface area contributed by atoms with Gasteiger partial charge in [0, 0.05) is 23.6 Å². The third-order valence-electron chi connectivity index (χ3n) is 4.94. The molecular weight excluding hydrogens is 402 g/mol. The molecule has 0 unspecified atom stereocenters. The second kappa shape index (κ2) is 8.16. The standard InChI is InChI=1S/C24H17N7O/c1-32-19-9-7-17(8-10-19)23-22(21-6-3-12-27-31(21)30-23)20-11-13-26-24(29-20)28-18-5-2-4-16(14-18)15-25/h2-14H,1H3,(H,26,28,29). The van der Waals surface area contributed by atoms with Gasteiger partial charge in [0.25, 0.3) is 0 Å². The summed E-state index contributed by atoms with van der Waals surface area (Å²) in [6.07, 6.45) is 3.38. The number of nitrogens with one attached hydrogen (secondary N) is 1. The van der Waals surface area contributed by atoms with Gasteiger partial charge in [0.1, 0.15) is 11.4 Å². The van der Waals surface area contributed by atoms with Crippen LogP contribution in [0.15, 0.2) is 79.1 Å². The fourth-order valence-electron chi connectivity index (χ4n) is 3.45. The van der Waals surface area contributed by atoms with Crippen molar-refractivity contribution in [3.05, 3.63) is 84.7 Å². The lowest BCUT2D eigenvalue weighted by molar-refractivity contribution is 0.415. The number of nitrogens with zero attached hydrogens (tertiary/aromatic N) is 6. The first-order valence-electron chi connectivity index (χ1n) is 9.84. The summed E-state index contributed by atoms with van der Waals surface area (Å²) in [4.78, 5) is 9.07. The number of anilines is 2. The number of aromatic nitrogens is 5. The van der Waals surface area contributed by atoms with Crippen LogP contribution in [0.4, 0.5) is 11.6 Å². The minimum absolute atomic E-state index is 0.418. The van der Waals surface area contributed by atoms with Crippen LogP contribution in [0.3, 0.4) is 0 Å². The summed E-state index contributed by atoms with van der Waals surface area (Å²) in [5, 5.41) is 21.4. The summed E-state index contributed by atoms with van der Waals surface area (Å²) in [6.45, 7) is 0. The molecule has 0 aliphatic rings. The van der Waals surface area contributed by atoms with Gasteiger partial charge < -0.3 is 10.1 Å². The molecular formula is C24H17N7O. The predicted molar refractivity (Wildman–Crippen MR) is 120 cm³/mol. The summed E-state index contributed by atoms with van der Waals surface area (Å²) >= 11 is 0. The second-order valence-electron chi connectivity index (χ2n) is 6.93. The molecule has 0 aliphatic heterocycles.